The van der Waals surface area contributed by atoms with Crippen LogP contribution in [0.3, 0.4) is 0 Å². The highest BCUT2D eigenvalue weighted by atomic mass is 32.2. The lowest BCUT2D eigenvalue weighted by Gasteiger charge is -2.09. The predicted octanol–water partition coefficient (Wildman–Crippen LogP) is 5.32. The summed E-state index contributed by atoms with van der Waals surface area (Å²) in [5, 5.41) is 12.0. The number of hydrogen-bond acceptors (Lipinski definition) is 5. The molecule has 5 rings (SSSR count). The van der Waals surface area contributed by atoms with E-state index < -0.39 is 0 Å². The zero-order chi connectivity index (χ0) is 22.8. The quantitative estimate of drug-likeness (QED) is 0.375. The maximum Gasteiger partial charge on any atom is 0.276 e. The second-order valence-corrected chi connectivity index (χ2v) is 8.57. The summed E-state index contributed by atoms with van der Waals surface area (Å²) in [6.45, 7) is 4.86. The summed E-state index contributed by atoms with van der Waals surface area (Å²) < 4.78 is 3.63. The number of fused-ring (bicyclic) bond motifs is 1. The molecule has 0 bridgehead atoms. The lowest BCUT2D eigenvalue weighted by molar-refractivity contribution is 0.102. The fourth-order valence-corrected chi connectivity index (χ4v) is 4.61. The molecule has 0 radical (unpaired) electrons. The number of aromatic nitrogens is 5. The van der Waals surface area contributed by atoms with Crippen LogP contribution < -0.4 is 5.32 Å². The molecule has 7 nitrogen and oxygen atoms in total. The number of aryl methyl sites for hydroxylation is 1. The first kappa shape index (κ1) is 21.0. The van der Waals surface area contributed by atoms with Gasteiger partial charge in [-0.2, -0.15) is 10.2 Å². The van der Waals surface area contributed by atoms with Crippen LogP contribution in [0, 0.1) is 6.92 Å². The molecule has 0 unspecified atom stereocenters. The summed E-state index contributed by atoms with van der Waals surface area (Å²) in [6.07, 6.45) is 3.55. The van der Waals surface area contributed by atoms with Crippen molar-refractivity contribution in [2.45, 2.75) is 30.2 Å². The molecular formula is C25H22N6OS. The second-order valence-electron chi connectivity index (χ2n) is 7.45. The Bertz CT molecular complexity index is 1440. The van der Waals surface area contributed by atoms with Gasteiger partial charge in [0.15, 0.2) is 11.3 Å². The first-order valence-electron chi connectivity index (χ1n) is 10.6. The molecule has 0 aliphatic heterocycles. The molecule has 2 aromatic carbocycles. The minimum Gasteiger partial charge on any atom is -0.320 e. The molecule has 0 spiro atoms. The van der Waals surface area contributed by atoms with Crippen LogP contribution in [0.4, 0.5) is 5.69 Å². The summed E-state index contributed by atoms with van der Waals surface area (Å²) in [4.78, 5) is 19.6. The van der Waals surface area contributed by atoms with E-state index in [2.05, 4.69) is 27.4 Å². The van der Waals surface area contributed by atoms with Gasteiger partial charge >= 0.3 is 0 Å². The summed E-state index contributed by atoms with van der Waals surface area (Å²) in [6, 6.07) is 21.4. The van der Waals surface area contributed by atoms with Gasteiger partial charge in [0.05, 0.1) is 17.6 Å². The summed E-state index contributed by atoms with van der Waals surface area (Å²) in [5.41, 5.74) is 4.49. The lowest BCUT2D eigenvalue weighted by atomic mass is 10.2. The van der Waals surface area contributed by atoms with Crippen molar-refractivity contribution in [3.63, 3.8) is 0 Å². The van der Waals surface area contributed by atoms with Gasteiger partial charge < -0.3 is 5.32 Å². The number of hydrogen-bond donors (Lipinski definition) is 1. The van der Waals surface area contributed by atoms with Gasteiger partial charge in [0.25, 0.3) is 5.91 Å². The van der Waals surface area contributed by atoms with Crippen molar-refractivity contribution in [2.24, 2.45) is 0 Å². The maximum absolute atomic E-state index is 13.1. The highest BCUT2D eigenvalue weighted by molar-refractivity contribution is 7.99. The van der Waals surface area contributed by atoms with Gasteiger partial charge in [0.2, 0.25) is 0 Å². The van der Waals surface area contributed by atoms with Crippen LogP contribution in [0.15, 0.2) is 88.9 Å². The Kier molecular flexibility index (Phi) is 5.66. The van der Waals surface area contributed by atoms with E-state index >= 15 is 0 Å². The molecule has 8 heteroatoms. The maximum atomic E-state index is 13.1. The third-order valence-corrected chi connectivity index (χ3v) is 6.46. The fourth-order valence-electron chi connectivity index (χ4n) is 3.69. The summed E-state index contributed by atoms with van der Waals surface area (Å²) >= 11 is 1.60. The van der Waals surface area contributed by atoms with Gasteiger partial charge in [0.1, 0.15) is 0 Å². The Morgan fingerprint density at radius 1 is 1.06 bits per heavy atom. The number of anilines is 1. The molecule has 164 valence electrons. The van der Waals surface area contributed by atoms with Crippen LogP contribution in [-0.4, -0.2) is 30.3 Å². The van der Waals surface area contributed by atoms with Crippen molar-refractivity contribution in [1.82, 2.24) is 24.4 Å². The van der Waals surface area contributed by atoms with Gasteiger partial charge in [-0.25, -0.2) is 9.50 Å². The van der Waals surface area contributed by atoms with Crippen LogP contribution >= 0.6 is 11.8 Å². The summed E-state index contributed by atoms with van der Waals surface area (Å²) in [5.74, 6) is -0.284. The third kappa shape index (κ3) is 4.12. The number of carbonyl (C=O) groups is 1. The molecule has 3 aromatic heterocycles. The molecule has 33 heavy (non-hydrogen) atoms. The molecule has 5 aromatic rings. The standard InChI is InChI=1S/C25H22N6OS/c1-3-30-17(2)19(16-27-30)22-13-14-26-24-15-21(29-31(22)24)25(32)28-20-11-7-8-12-23(20)33-18-9-5-4-6-10-18/h4-16H,3H2,1-2H3,(H,28,32). The van der Waals surface area contributed by atoms with Crippen molar-refractivity contribution >= 4 is 29.0 Å². The topological polar surface area (TPSA) is 77.1 Å². The zero-order valence-corrected chi connectivity index (χ0v) is 19.1. The molecule has 0 atom stereocenters. The second kappa shape index (κ2) is 8.91. The van der Waals surface area contributed by atoms with E-state index in [1.807, 2.05) is 78.5 Å². The monoisotopic (exact) mass is 454 g/mol. The van der Waals surface area contributed by atoms with E-state index in [1.165, 1.54) is 0 Å². The Hall–Kier alpha value is -3.91. The molecule has 0 saturated heterocycles. The fraction of sp³-hybridized carbons (Fsp3) is 0.120. The van der Waals surface area contributed by atoms with Crippen LogP contribution in [0.25, 0.3) is 16.9 Å². The van der Waals surface area contributed by atoms with Crippen LogP contribution in [0.2, 0.25) is 0 Å². The molecule has 1 N–H and O–H groups in total. The Labute approximate surface area is 195 Å². The average molecular weight is 455 g/mol. The highest BCUT2D eigenvalue weighted by Crippen LogP contribution is 2.33. The largest absolute Gasteiger partial charge is 0.320 e. The van der Waals surface area contributed by atoms with Crippen molar-refractivity contribution in [2.75, 3.05) is 5.32 Å². The number of carbonyl (C=O) groups excluding carboxylic acids is 1. The molecule has 0 aliphatic carbocycles. The number of rotatable bonds is 6. The molecule has 0 saturated carbocycles. The van der Waals surface area contributed by atoms with Gasteiger partial charge in [-0.05, 0) is 44.2 Å². The number of amides is 1. The van der Waals surface area contributed by atoms with E-state index in [0.717, 1.165) is 39.0 Å². The number of para-hydroxylation sites is 1. The smallest absolute Gasteiger partial charge is 0.276 e. The molecule has 1 amide bonds. The van der Waals surface area contributed by atoms with E-state index in [1.54, 1.807) is 28.5 Å². The molecular weight excluding hydrogens is 432 g/mol. The van der Waals surface area contributed by atoms with Crippen molar-refractivity contribution < 1.29 is 4.79 Å². The van der Waals surface area contributed by atoms with Crippen LogP contribution in [0.1, 0.15) is 23.1 Å². The highest BCUT2D eigenvalue weighted by Gasteiger charge is 2.17. The number of benzene rings is 2. The lowest BCUT2D eigenvalue weighted by Crippen LogP contribution is -2.13. The minimum absolute atomic E-state index is 0.284. The van der Waals surface area contributed by atoms with Crippen LogP contribution in [-0.2, 0) is 6.54 Å². The Morgan fingerprint density at radius 2 is 1.85 bits per heavy atom. The normalized spacial score (nSPS) is 11.1. The first-order chi connectivity index (χ1) is 16.1. The zero-order valence-electron chi connectivity index (χ0n) is 18.3. The number of nitrogens with zero attached hydrogens (tertiary/aromatic N) is 5. The van der Waals surface area contributed by atoms with Gasteiger partial charge in [-0.1, -0.05) is 42.1 Å². The van der Waals surface area contributed by atoms with Gasteiger partial charge in [-0.3, -0.25) is 9.48 Å². The van der Waals surface area contributed by atoms with E-state index in [4.69, 9.17) is 0 Å². The van der Waals surface area contributed by atoms with E-state index in [-0.39, 0.29) is 5.91 Å². The first-order valence-corrected chi connectivity index (χ1v) is 11.5. The van der Waals surface area contributed by atoms with Crippen molar-refractivity contribution in [1.29, 1.82) is 0 Å². The van der Waals surface area contributed by atoms with Gasteiger partial charge in [0, 0.05) is 39.9 Å². The Balaban J connectivity index is 1.45. The number of nitrogens with one attached hydrogen (secondary N) is 1. The molecule has 0 aliphatic rings. The predicted molar refractivity (Wildman–Crippen MR) is 130 cm³/mol. The average Bonchev–Trinajstić information content (AvgIpc) is 3.44. The SMILES string of the molecule is CCn1ncc(-c2ccnc3cc(C(=O)Nc4ccccc4Sc4ccccc4)nn23)c1C. The summed E-state index contributed by atoms with van der Waals surface area (Å²) in [7, 11) is 0. The third-order valence-electron chi connectivity index (χ3n) is 5.38. The van der Waals surface area contributed by atoms with E-state index in [9.17, 15) is 4.79 Å². The molecule has 3 heterocycles. The van der Waals surface area contributed by atoms with E-state index in [0.29, 0.717) is 11.3 Å². The van der Waals surface area contributed by atoms with Crippen LogP contribution in [0.5, 0.6) is 0 Å². The van der Waals surface area contributed by atoms with Gasteiger partial charge in [-0.15, -0.1) is 0 Å². The molecule has 0 fully saturated rings. The van der Waals surface area contributed by atoms with Crippen molar-refractivity contribution in [3.05, 3.63) is 90.5 Å². The minimum atomic E-state index is -0.284. The van der Waals surface area contributed by atoms with Crippen molar-refractivity contribution in [3.8, 4) is 11.3 Å². The Morgan fingerprint density at radius 3 is 2.64 bits per heavy atom.